The molecular formula is C21H18BrO4P. The van der Waals surface area contributed by atoms with Gasteiger partial charge in [0, 0.05) is 22.3 Å². The zero-order valence-corrected chi connectivity index (χ0v) is 17.2. The number of hydrogen-bond donors (Lipinski definition) is 0. The van der Waals surface area contributed by atoms with Gasteiger partial charge in [0.05, 0.1) is 6.61 Å². The van der Waals surface area contributed by atoms with Gasteiger partial charge in [0.1, 0.15) is 5.75 Å². The van der Waals surface area contributed by atoms with Gasteiger partial charge in [-0.25, -0.2) is 4.57 Å². The minimum absolute atomic E-state index is 0.141. The number of carbonyl (C=O) groups is 1. The smallest absolute Gasteiger partial charge is 0.376 e. The Morgan fingerprint density at radius 1 is 0.926 bits per heavy atom. The Morgan fingerprint density at radius 3 is 2.30 bits per heavy atom. The van der Waals surface area contributed by atoms with E-state index >= 15 is 0 Å². The lowest BCUT2D eigenvalue weighted by atomic mass is 10.0. The molecule has 0 amide bonds. The van der Waals surface area contributed by atoms with E-state index in [1.54, 1.807) is 42.5 Å². The maximum atomic E-state index is 12.7. The number of rotatable bonds is 7. The van der Waals surface area contributed by atoms with Gasteiger partial charge in [0.15, 0.2) is 5.78 Å². The van der Waals surface area contributed by atoms with Gasteiger partial charge in [0.25, 0.3) is 0 Å². The van der Waals surface area contributed by atoms with Crippen LogP contribution in [0.3, 0.4) is 0 Å². The minimum Gasteiger partial charge on any atom is -0.425 e. The van der Waals surface area contributed by atoms with Crippen molar-refractivity contribution in [1.29, 1.82) is 0 Å². The molecule has 27 heavy (non-hydrogen) atoms. The number of hydrogen-bond acceptors (Lipinski definition) is 4. The highest BCUT2D eigenvalue weighted by Crippen LogP contribution is 2.45. The van der Waals surface area contributed by atoms with E-state index in [1.807, 2.05) is 36.4 Å². The Morgan fingerprint density at radius 2 is 1.59 bits per heavy atom. The average molecular weight is 445 g/mol. The third kappa shape index (κ3) is 5.64. The summed E-state index contributed by atoms with van der Waals surface area (Å²) in [4.78, 5) is 12.7. The fourth-order valence-corrected chi connectivity index (χ4v) is 3.81. The molecule has 3 aromatic rings. The van der Waals surface area contributed by atoms with E-state index in [-0.39, 0.29) is 12.4 Å². The molecule has 0 heterocycles. The highest BCUT2D eigenvalue weighted by Gasteiger charge is 2.20. The monoisotopic (exact) mass is 444 g/mol. The van der Waals surface area contributed by atoms with E-state index in [0.717, 1.165) is 10.0 Å². The maximum absolute atomic E-state index is 12.7. The second kappa shape index (κ2) is 8.66. The van der Waals surface area contributed by atoms with E-state index in [1.165, 1.54) is 6.66 Å². The van der Waals surface area contributed by atoms with Crippen molar-refractivity contribution in [3.05, 3.63) is 100 Å². The van der Waals surface area contributed by atoms with Crippen LogP contribution < -0.4 is 4.52 Å². The van der Waals surface area contributed by atoms with E-state index in [4.69, 9.17) is 9.05 Å². The molecule has 0 aliphatic carbocycles. The van der Waals surface area contributed by atoms with Crippen LogP contribution in [0, 0.1) is 0 Å². The number of halogens is 1. The molecule has 4 nitrogen and oxygen atoms in total. The van der Waals surface area contributed by atoms with Crippen LogP contribution in [-0.2, 0) is 15.7 Å². The lowest BCUT2D eigenvalue weighted by Gasteiger charge is -2.16. The van der Waals surface area contributed by atoms with Crippen molar-refractivity contribution in [2.75, 3.05) is 6.66 Å². The molecule has 0 radical (unpaired) electrons. The van der Waals surface area contributed by atoms with Crippen LogP contribution in [-0.4, -0.2) is 12.4 Å². The molecular weight excluding hydrogens is 427 g/mol. The summed E-state index contributed by atoms with van der Waals surface area (Å²) < 4.78 is 24.5. The van der Waals surface area contributed by atoms with Gasteiger partial charge in [0.2, 0.25) is 0 Å². The molecule has 138 valence electrons. The molecule has 0 fully saturated rings. The molecule has 0 saturated heterocycles. The van der Waals surface area contributed by atoms with E-state index in [0.29, 0.717) is 16.9 Å². The summed E-state index contributed by atoms with van der Waals surface area (Å²) in [5.74, 6) is 0.188. The van der Waals surface area contributed by atoms with Gasteiger partial charge in [-0.1, -0.05) is 70.5 Å². The van der Waals surface area contributed by atoms with Crippen LogP contribution in [0.5, 0.6) is 5.75 Å². The first-order chi connectivity index (χ1) is 12.9. The standard InChI is InChI=1S/C21H18BrO4P/c1-27(24,25-15-16-7-3-2-4-8-16)26-20-12-6-10-18(14-20)21(23)17-9-5-11-19(22)13-17/h2-14H,15H2,1H3. The molecule has 0 saturated carbocycles. The van der Waals surface area contributed by atoms with E-state index in [9.17, 15) is 9.36 Å². The topological polar surface area (TPSA) is 52.6 Å². The second-order valence-corrected chi connectivity index (χ2v) is 8.89. The first-order valence-electron chi connectivity index (χ1n) is 8.29. The number of benzene rings is 3. The summed E-state index contributed by atoms with van der Waals surface area (Å²) in [5, 5.41) is 0. The second-order valence-electron chi connectivity index (χ2n) is 5.99. The first kappa shape index (κ1) is 19.6. The summed E-state index contributed by atoms with van der Waals surface area (Å²) in [6, 6.07) is 23.2. The predicted molar refractivity (Wildman–Crippen MR) is 109 cm³/mol. The Labute approximate surface area is 166 Å². The van der Waals surface area contributed by atoms with Gasteiger partial charge < -0.3 is 4.52 Å². The van der Waals surface area contributed by atoms with Crippen LogP contribution in [0.2, 0.25) is 0 Å². The molecule has 0 aliphatic heterocycles. The van der Waals surface area contributed by atoms with E-state index < -0.39 is 7.60 Å². The lowest BCUT2D eigenvalue weighted by Crippen LogP contribution is -2.02. The number of ketones is 1. The number of carbonyl (C=O) groups excluding carboxylic acids is 1. The Kier molecular flexibility index (Phi) is 6.27. The highest BCUT2D eigenvalue weighted by molar-refractivity contribution is 9.10. The van der Waals surface area contributed by atoms with Crippen molar-refractivity contribution in [3.63, 3.8) is 0 Å². The van der Waals surface area contributed by atoms with Crippen LogP contribution in [0.1, 0.15) is 21.5 Å². The summed E-state index contributed by atoms with van der Waals surface area (Å²) in [6.07, 6.45) is 0. The summed E-state index contributed by atoms with van der Waals surface area (Å²) in [5.41, 5.74) is 1.91. The summed E-state index contributed by atoms with van der Waals surface area (Å²) in [7, 11) is -3.33. The SMILES string of the molecule is CP(=O)(OCc1ccccc1)Oc1cccc(C(=O)c2cccc(Br)c2)c1. The molecule has 3 rings (SSSR count). The molecule has 6 heteroatoms. The average Bonchev–Trinajstić information content (AvgIpc) is 2.66. The maximum Gasteiger partial charge on any atom is 0.376 e. The molecule has 1 unspecified atom stereocenters. The predicted octanol–water partition coefficient (Wildman–Crippen LogP) is 6.10. The first-order valence-corrected chi connectivity index (χ1v) is 11.1. The Bertz CT molecular complexity index is 988. The van der Waals surface area contributed by atoms with Crippen molar-refractivity contribution >= 4 is 29.3 Å². The molecule has 0 spiro atoms. The lowest BCUT2D eigenvalue weighted by molar-refractivity contribution is 0.103. The van der Waals surface area contributed by atoms with Crippen LogP contribution in [0.4, 0.5) is 0 Å². The van der Waals surface area contributed by atoms with Crippen LogP contribution in [0.25, 0.3) is 0 Å². The molecule has 0 bridgehead atoms. The van der Waals surface area contributed by atoms with Crippen LogP contribution in [0.15, 0.2) is 83.3 Å². The van der Waals surface area contributed by atoms with Gasteiger partial charge >= 0.3 is 7.60 Å². The largest absolute Gasteiger partial charge is 0.425 e. The molecule has 3 aromatic carbocycles. The van der Waals surface area contributed by atoms with Crippen molar-refractivity contribution < 1.29 is 18.4 Å². The zero-order valence-electron chi connectivity index (χ0n) is 14.7. The van der Waals surface area contributed by atoms with Gasteiger partial charge in [-0.05, 0) is 29.8 Å². The quantitative estimate of drug-likeness (QED) is 0.326. The zero-order chi connectivity index (χ0) is 19.3. The summed E-state index contributed by atoms with van der Waals surface area (Å²) in [6.45, 7) is 1.60. The van der Waals surface area contributed by atoms with Gasteiger partial charge in [-0.15, -0.1) is 0 Å². The fourth-order valence-electron chi connectivity index (χ4n) is 2.47. The van der Waals surface area contributed by atoms with E-state index in [2.05, 4.69) is 15.9 Å². The van der Waals surface area contributed by atoms with Crippen molar-refractivity contribution in [2.24, 2.45) is 0 Å². The Hall–Kier alpha value is -2.20. The van der Waals surface area contributed by atoms with Crippen molar-refractivity contribution in [2.45, 2.75) is 6.61 Å². The van der Waals surface area contributed by atoms with Gasteiger partial charge in [-0.2, -0.15) is 0 Å². The third-order valence-corrected chi connectivity index (χ3v) is 5.40. The van der Waals surface area contributed by atoms with Crippen molar-refractivity contribution in [3.8, 4) is 5.75 Å². The minimum atomic E-state index is -3.33. The molecule has 0 aromatic heterocycles. The highest BCUT2D eigenvalue weighted by atomic mass is 79.9. The van der Waals surface area contributed by atoms with Crippen LogP contribution >= 0.6 is 23.5 Å². The summed E-state index contributed by atoms with van der Waals surface area (Å²) >= 11 is 3.36. The Balaban J connectivity index is 1.71. The molecule has 0 aliphatic rings. The third-order valence-electron chi connectivity index (χ3n) is 3.76. The normalized spacial score (nSPS) is 13.0. The molecule has 0 N–H and O–H groups in total. The molecule has 1 atom stereocenters. The van der Waals surface area contributed by atoms with Gasteiger partial charge in [-0.3, -0.25) is 9.32 Å². The fraction of sp³-hybridized carbons (Fsp3) is 0.0952. The van der Waals surface area contributed by atoms with Crippen molar-refractivity contribution in [1.82, 2.24) is 0 Å².